The summed E-state index contributed by atoms with van der Waals surface area (Å²) in [4.78, 5) is 0. The normalized spacial score (nSPS) is 5.62. The Morgan fingerprint density at radius 2 is 0.875 bits per heavy atom. The smallest absolute Gasteiger partial charge is 0.00988 e. The third kappa shape index (κ3) is 181. The zero-order valence-corrected chi connectivity index (χ0v) is 11.4. The number of thioether (sulfide) groups is 1. The lowest BCUT2D eigenvalue weighted by Gasteiger charge is -1.69. The maximum absolute atomic E-state index is 3.92. The van der Waals surface area contributed by atoms with Gasteiger partial charge in [-0.3, -0.25) is 0 Å². The fourth-order valence-electron chi connectivity index (χ4n) is 0. The Bertz CT molecular complexity index is 26.6. The summed E-state index contributed by atoms with van der Waals surface area (Å²) < 4.78 is 0. The summed E-state index contributed by atoms with van der Waals surface area (Å²) in [5, 5.41) is 0. The molecule has 0 saturated heterocycles. The van der Waals surface area contributed by atoms with Gasteiger partial charge in [0.1, 0.15) is 0 Å². The van der Waals surface area contributed by atoms with E-state index in [9.17, 15) is 0 Å². The van der Waals surface area contributed by atoms with E-state index in [2.05, 4.69) is 52.3 Å². The molecule has 0 spiro atoms. The van der Waals surface area contributed by atoms with E-state index in [-0.39, 0.29) is 29.7 Å². The molecule has 0 aromatic carbocycles. The monoisotopic (exact) mass is 292 g/mol. The fourth-order valence-corrected chi connectivity index (χ4v) is 0. The molecular weight excluding hydrogens is 252 g/mol. The molecule has 0 rings (SSSR count). The van der Waals surface area contributed by atoms with Crippen molar-refractivity contribution >= 4 is 37.0 Å². The lowest BCUT2D eigenvalue weighted by atomic mass is 10.6. The van der Waals surface area contributed by atoms with Gasteiger partial charge in [0, 0.05) is 0 Å². The highest BCUT2D eigenvalue weighted by Crippen LogP contribution is 1.83. The molecule has 0 bridgehead atoms. The number of rotatable bonds is 3. The third-order valence-electron chi connectivity index (χ3n) is 0.736. The second kappa shape index (κ2) is 73.1. The first-order valence-corrected chi connectivity index (χ1v) is 7.11. The molecule has 0 aromatic heterocycles. The molecule has 0 atom stereocenters. The van der Waals surface area contributed by atoms with Gasteiger partial charge in [-0.15, -0.1) is 0 Å². The van der Waals surface area contributed by atoms with Crippen molar-refractivity contribution < 1.29 is 0 Å². The van der Waals surface area contributed by atoms with E-state index < -0.39 is 0 Å². The quantitative estimate of drug-likeness (QED) is 0.555. The van der Waals surface area contributed by atoms with Gasteiger partial charge in [-0.25, -0.2) is 0 Å². The molecule has 0 aliphatic rings. The molecule has 0 nitrogen and oxygen atoms in total. The fraction of sp³-hybridized carbons (Fsp3) is 1.00. The molecule has 0 radical (unpaired) electrons. The molecule has 0 unspecified atom stereocenters. The van der Waals surface area contributed by atoms with Crippen LogP contribution >= 0.6 is 37.0 Å². The molecule has 0 fully saturated rings. The second-order valence-electron chi connectivity index (χ2n) is 2.02. The summed E-state index contributed by atoms with van der Waals surface area (Å²) in [5.74, 6) is 3.26. The zero-order chi connectivity index (χ0) is 10.2. The van der Waals surface area contributed by atoms with Crippen molar-refractivity contribution in [3.05, 3.63) is 0 Å². The van der Waals surface area contributed by atoms with E-state index in [1.54, 1.807) is 0 Å². The van der Waals surface area contributed by atoms with Gasteiger partial charge < -0.3 is 0 Å². The Morgan fingerprint density at radius 3 is 0.875 bits per heavy atom. The van der Waals surface area contributed by atoms with Crippen molar-refractivity contribution in [2.24, 2.45) is 0 Å². The van der Waals surface area contributed by atoms with Crippen molar-refractivity contribution in [1.82, 2.24) is 0 Å². The van der Waals surface area contributed by atoms with Crippen LogP contribution in [0.2, 0.25) is 0 Å². The number of thiol groups is 2. The largest absolute Gasteiger partial charge is 0.179 e. The molecular formula is C13H40S3. The van der Waals surface area contributed by atoms with Gasteiger partial charge in [-0.05, 0) is 36.4 Å². The summed E-state index contributed by atoms with van der Waals surface area (Å²) in [6.07, 6.45) is 4.46. The van der Waals surface area contributed by atoms with Crippen LogP contribution in [0.25, 0.3) is 0 Å². The van der Waals surface area contributed by atoms with Crippen molar-refractivity contribution in [2.45, 2.75) is 63.3 Å². The van der Waals surface area contributed by atoms with E-state index >= 15 is 0 Å². The Hall–Kier alpha value is 1.05. The summed E-state index contributed by atoms with van der Waals surface area (Å²) in [5.41, 5.74) is 0. The second-order valence-corrected chi connectivity index (χ2v) is 4.07. The van der Waals surface area contributed by atoms with Crippen LogP contribution in [0.3, 0.4) is 0 Å². The van der Waals surface area contributed by atoms with Crippen molar-refractivity contribution in [2.75, 3.05) is 23.5 Å². The predicted molar refractivity (Wildman–Crippen MR) is 99.3 cm³/mol. The predicted octanol–water partition coefficient (Wildman–Crippen LogP) is 6.57. The van der Waals surface area contributed by atoms with Crippen LogP contribution in [0.1, 0.15) is 63.3 Å². The van der Waals surface area contributed by atoms with Crippen molar-refractivity contribution in [1.29, 1.82) is 0 Å². The summed E-state index contributed by atoms with van der Waals surface area (Å²) >= 11 is 9.70. The van der Waals surface area contributed by atoms with Gasteiger partial charge in [0.25, 0.3) is 0 Å². The molecule has 0 amide bonds. The number of hydrogen-bond donors (Lipinski definition) is 2. The third-order valence-corrected chi connectivity index (χ3v) is 2.21. The lowest BCUT2D eigenvalue weighted by molar-refractivity contribution is 1.11. The topological polar surface area (TPSA) is 0 Å². The van der Waals surface area contributed by atoms with Crippen molar-refractivity contribution in [3.8, 4) is 0 Å². The SMILES string of the molecule is C.C.C.C.CCCS.CCCS.CCSC. The van der Waals surface area contributed by atoms with Crippen LogP contribution < -0.4 is 0 Å². The molecule has 0 N–H and O–H groups in total. The standard InChI is InChI=1S/3C3H8S.4CH4/c1-3-4-2;2*1-2-3-4;;;;/h3H2,1-2H3;2*4H,2-3H2,1H3;4*1H4. The molecule has 0 aliphatic carbocycles. The van der Waals surface area contributed by atoms with E-state index in [4.69, 9.17) is 0 Å². The van der Waals surface area contributed by atoms with E-state index in [0.717, 1.165) is 11.5 Å². The minimum Gasteiger partial charge on any atom is -0.179 e. The molecule has 3 heteroatoms. The van der Waals surface area contributed by atoms with E-state index in [1.807, 2.05) is 11.8 Å². The van der Waals surface area contributed by atoms with Gasteiger partial charge in [0.2, 0.25) is 0 Å². The Labute approximate surface area is 124 Å². The van der Waals surface area contributed by atoms with Crippen LogP contribution in [-0.2, 0) is 0 Å². The Morgan fingerprint density at radius 1 is 0.750 bits per heavy atom. The van der Waals surface area contributed by atoms with Gasteiger partial charge in [0.15, 0.2) is 0 Å². The van der Waals surface area contributed by atoms with Crippen molar-refractivity contribution in [3.63, 3.8) is 0 Å². The van der Waals surface area contributed by atoms with Crippen LogP contribution in [0.4, 0.5) is 0 Å². The maximum Gasteiger partial charge on any atom is -0.00988 e. The highest BCUT2D eigenvalue weighted by molar-refractivity contribution is 7.98. The molecule has 0 aromatic rings. The first kappa shape index (κ1) is 43.5. The van der Waals surface area contributed by atoms with Crippen LogP contribution in [0, 0.1) is 0 Å². The summed E-state index contributed by atoms with van der Waals surface area (Å²) in [6.45, 7) is 6.35. The van der Waals surface area contributed by atoms with Gasteiger partial charge in [-0.2, -0.15) is 37.0 Å². The summed E-state index contributed by atoms with van der Waals surface area (Å²) in [6, 6.07) is 0. The molecule has 16 heavy (non-hydrogen) atoms. The highest BCUT2D eigenvalue weighted by atomic mass is 32.2. The molecule has 0 heterocycles. The highest BCUT2D eigenvalue weighted by Gasteiger charge is 1.57. The van der Waals surface area contributed by atoms with Crippen LogP contribution in [0.5, 0.6) is 0 Å². The van der Waals surface area contributed by atoms with Crippen LogP contribution in [-0.4, -0.2) is 23.5 Å². The van der Waals surface area contributed by atoms with Gasteiger partial charge in [-0.1, -0.05) is 50.5 Å². The Kier molecular flexibility index (Phi) is 199. The van der Waals surface area contributed by atoms with E-state index in [0.29, 0.717) is 0 Å². The van der Waals surface area contributed by atoms with E-state index in [1.165, 1.54) is 18.6 Å². The minimum absolute atomic E-state index is 0. The molecule has 0 aliphatic heterocycles. The molecule has 110 valence electrons. The van der Waals surface area contributed by atoms with Gasteiger partial charge in [0.05, 0.1) is 0 Å². The number of hydrogen-bond acceptors (Lipinski definition) is 3. The first-order chi connectivity index (χ1) is 5.74. The average molecular weight is 293 g/mol. The van der Waals surface area contributed by atoms with Gasteiger partial charge >= 0.3 is 0 Å². The maximum atomic E-state index is 3.92. The first-order valence-electron chi connectivity index (χ1n) is 4.45. The van der Waals surface area contributed by atoms with Crippen LogP contribution in [0.15, 0.2) is 0 Å². The summed E-state index contributed by atoms with van der Waals surface area (Å²) in [7, 11) is 0. The lowest BCUT2D eigenvalue weighted by Crippen LogP contribution is -1.56. The average Bonchev–Trinajstić information content (AvgIpc) is 2.18. The zero-order valence-electron chi connectivity index (χ0n) is 8.84. The minimum atomic E-state index is 0. The Balaban J connectivity index is -0.0000000135. The molecule has 0 saturated carbocycles.